The van der Waals surface area contributed by atoms with Gasteiger partial charge in [0.25, 0.3) is 0 Å². The molecule has 1 fully saturated rings. The molecule has 1 heterocycles. The molecular formula is C71H101N17O27. The SMILES string of the molecule is CCCCCCCCCC(=O)N[C@@H](CC(=O)c1ccccc1N)C(=O)N[C@H](CC(N)=O)C(=O)N[C@@H](CC(=O)O)C(=O)N[C@@H]1C(=O)NCC(=O)N[C@@H](CCCN)C(=O)N[C@@H](CC(=O)O)C(=O)N[C@H](C)C(=O)N[C@@H](CC(=O)O)C(=O)NCC(=O)N[C@H](CO)C(=O)N[C@@H]([C@H](C)CC(=O)O)C(=O)N[C@@H](CC(=O)c2ccccc2N)C(=O)O[C@@H]1C. The Balaban J connectivity index is 2.30. The average Bonchev–Trinajstić information content (AvgIpc) is 0.842. The highest BCUT2D eigenvalue weighted by atomic mass is 16.5. The van der Waals surface area contributed by atoms with Crippen molar-refractivity contribution in [3.63, 3.8) is 0 Å². The highest BCUT2D eigenvalue weighted by Crippen LogP contribution is 2.20. The summed E-state index contributed by atoms with van der Waals surface area (Å²) in [6, 6.07) is -12.5. The summed E-state index contributed by atoms with van der Waals surface area (Å²) in [5.74, 6) is -31.4. The van der Waals surface area contributed by atoms with E-state index in [2.05, 4.69) is 47.9 Å². The van der Waals surface area contributed by atoms with Gasteiger partial charge in [-0.05, 0) is 69.8 Å². The number of hydrogen-bond donors (Lipinski definition) is 22. The quantitative estimate of drug-likeness (QED) is 0.0131. The fraction of sp³-hybridized carbons (Fsp3) is 0.535. The number of carbonyl (C=O) groups is 21. The average molecular weight is 1620 g/mol. The first-order valence-electron chi connectivity index (χ1n) is 36.5. The number of ketones is 2. The first kappa shape index (κ1) is 96.4. The molecule has 632 valence electrons. The Hall–Kier alpha value is -12.8. The second-order valence-electron chi connectivity index (χ2n) is 26.9. The molecule has 1 aliphatic rings. The third kappa shape index (κ3) is 34.4. The lowest BCUT2D eigenvalue weighted by Crippen LogP contribution is -2.62. The number of aliphatic carboxylic acids is 4. The van der Waals surface area contributed by atoms with E-state index in [0.29, 0.717) is 12.8 Å². The van der Waals surface area contributed by atoms with Gasteiger partial charge >= 0.3 is 29.8 Å². The summed E-state index contributed by atoms with van der Waals surface area (Å²) >= 11 is 0. The lowest BCUT2D eigenvalue weighted by Gasteiger charge is -2.30. The van der Waals surface area contributed by atoms with E-state index in [1.54, 1.807) is 0 Å². The minimum absolute atomic E-state index is 0.0218. The van der Waals surface area contributed by atoms with E-state index in [1.165, 1.54) is 48.5 Å². The van der Waals surface area contributed by atoms with E-state index in [-0.39, 0.29) is 41.9 Å². The number of Topliss-reactive ketones (excluding diaryl/α,β-unsaturated/α-hetero) is 2. The summed E-state index contributed by atoms with van der Waals surface area (Å²) in [5, 5.41) is 77.3. The molecule has 0 spiro atoms. The molecule has 3 rings (SSSR count). The minimum atomic E-state index is -2.48. The highest BCUT2D eigenvalue weighted by Gasteiger charge is 2.41. The number of amides is 14. The smallest absolute Gasteiger partial charge is 0.329 e. The summed E-state index contributed by atoms with van der Waals surface area (Å²) in [4.78, 5) is 286. The van der Waals surface area contributed by atoms with Crippen LogP contribution >= 0.6 is 0 Å². The van der Waals surface area contributed by atoms with E-state index in [0.717, 1.165) is 52.9 Å². The van der Waals surface area contributed by atoms with Crippen LogP contribution in [0.3, 0.4) is 0 Å². The molecule has 26 N–H and O–H groups in total. The molecule has 1 saturated heterocycles. The molecule has 1 aliphatic heterocycles. The first-order valence-corrected chi connectivity index (χ1v) is 36.5. The Bertz CT molecular complexity index is 3900. The second kappa shape index (κ2) is 48.9. The Morgan fingerprint density at radius 3 is 1.50 bits per heavy atom. The number of aliphatic hydroxyl groups is 1. The number of carboxylic acid groups (broad SMARTS) is 4. The number of ether oxygens (including phenoxy) is 1. The van der Waals surface area contributed by atoms with Crippen molar-refractivity contribution < 1.29 is 131 Å². The normalized spacial score (nSPS) is 21.1. The molecule has 44 heteroatoms. The molecule has 0 aliphatic carbocycles. The van der Waals surface area contributed by atoms with Crippen LogP contribution < -0.4 is 92.1 Å². The summed E-state index contributed by atoms with van der Waals surface area (Å²) in [6.45, 7) is 0.981. The highest BCUT2D eigenvalue weighted by molar-refractivity contribution is 6.07. The van der Waals surface area contributed by atoms with Crippen LogP contribution in [0.15, 0.2) is 48.5 Å². The van der Waals surface area contributed by atoms with Crippen LogP contribution in [0.1, 0.15) is 158 Å². The van der Waals surface area contributed by atoms with Gasteiger partial charge in [0, 0.05) is 41.8 Å². The molecule has 0 bridgehead atoms. The van der Waals surface area contributed by atoms with Gasteiger partial charge < -0.3 is 122 Å². The van der Waals surface area contributed by atoms with Crippen LogP contribution in [-0.4, -0.2) is 248 Å². The molecule has 44 nitrogen and oxygen atoms in total. The summed E-state index contributed by atoms with van der Waals surface area (Å²) in [5.41, 5.74) is 22.7. The number of para-hydroxylation sites is 2. The zero-order chi connectivity index (χ0) is 86.3. The number of nitrogens with one attached hydrogen (secondary N) is 13. The molecule has 14 amide bonds. The number of cyclic esters (lactones) is 1. The topological polar surface area (TPSA) is 729 Å². The number of primary amides is 1. The fourth-order valence-electron chi connectivity index (χ4n) is 11.3. The number of anilines is 2. The zero-order valence-corrected chi connectivity index (χ0v) is 63.5. The van der Waals surface area contributed by atoms with Gasteiger partial charge in [-0.25, -0.2) is 4.79 Å². The minimum Gasteiger partial charge on any atom is -0.481 e. The Morgan fingerprint density at radius 1 is 0.496 bits per heavy atom. The molecule has 13 atom stereocenters. The lowest BCUT2D eigenvalue weighted by atomic mass is 9.96. The van der Waals surface area contributed by atoms with Crippen molar-refractivity contribution in [2.75, 3.05) is 37.7 Å². The van der Waals surface area contributed by atoms with Crippen molar-refractivity contribution in [3.05, 3.63) is 59.7 Å². The van der Waals surface area contributed by atoms with Gasteiger partial charge in [-0.1, -0.05) is 76.6 Å². The number of esters is 1. The largest absolute Gasteiger partial charge is 0.481 e. The van der Waals surface area contributed by atoms with Crippen LogP contribution in [-0.2, 0) is 95.8 Å². The number of benzene rings is 2. The van der Waals surface area contributed by atoms with E-state index in [9.17, 15) is 126 Å². The Labute approximate surface area is 657 Å². The molecule has 2 aromatic carbocycles. The van der Waals surface area contributed by atoms with Gasteiger partial charge in [-0.15, -0.1) is 0 Å². The van der Waals surface area contributed by atoms with Crippen LogP contribution in [0.4, 0.5) is 11.4 Å². The molecule has 2 aromatic rings. The predicted molar refractivity (Wildman–Crippen MR) is 398 cm³/mol. The van der Waals surface area contributed by atoms with Crippen LogP contribution in [0, 0.1) is 5.92 Å². The fourth-order valence-corrected chi connectivity index (χ4v) is 11.3. The number of carboxylic acids is 4. The van der Waals surface area contributed by atoms with E-state index >= 15 is 0 Å². The summed E-state index contributed by atoms with van der Waals surface area (Å²) in [7, 11) is 0. The molecule has 0 aromatic heterocycles. The second-order valence-corrected chi connectivity index (χ2v) is 26.9. The Kier molecular flexibility index (Phi) is 41.0. The molecule has 115 heavy (non-hydrogen) atoms. The standard InChI is InChI=1S/C71H101N17O27/c1-5-6-7-8-9-10-11-22-52(93)80-42(25-49(90)37-17-12-14-19-39(37)73)65(108)83-43(27-51(75)92)66(109)85-46(30-58(102)103)67(110)88-60-36(4)115-71(114)47(26-50(91)38-18-13-15-20-40(38)74)86-70(113)59(34(2)24-55(96)97)87-68(111)48(33-89)81-54(95)31-76-62(105)44(28-56(98)99)82-61(104)35(3)78-64(107)45(29-57(100)101)84-63(106)41(21-16-23-72)79-53(94)32-77-69(60)112/h12-15,17-20,34-36,41-48,59-60,89H,5-11,16,21-33,72-74H2,1-4H3,(H2,75,92)(H,76,105)(H,77,112)(H,78,107)(H,79,94)(H,80,93)(H,81,95)(H,82,104)(H,83,108)(H,84,106)(H,85,109)(H,86,113)(H,87,111)(H,88,110)(H,96,97)(H,98,99)(H,100,101)(H,102,103)/t34-,35-,36-,41+,42+,43-,44+,45+,46+,47+,48-,59+,60+/m1/s1. The van der Waals surface area contributed by atoms with Crippen molar-refractivity contribution in [1.82, 2.24) is 69.1 Å². The maximum absolute atomic E-state index is 14.8. The van der Waals surface area contributed by atoms with Crippen molar-refractivity contribution in [3.8, 4) is 0 Å². The molecule has 0 radical (unpaired) electrons. The Morgan fingerprint density at radius 2 is 0.974 bits per heavy atom. The van der Waals surface area contributed by atoms with Crippen molar-refractivity contribution in [1.29, 1.82) is 0 Å². The van der Waals surface area contributed by atoms with E-state index in [1.807, 2.05) is 28.2 Å². The maximum atomic E-state index is 14.8. The van der Waals surface area contributed by atoms with Crippen LogP contribution in [0.25, 0.3) is 0 Å². The summed E-state index contributed by atoms with van der Waals surface area (Å²) in [6.07, 6.45) is -5.25. The van der Waals surface area contributed by atoms with Gasteiger partial charge in [0.1, 0.15) is 72.6 Å². The zero-order valence-electron chi connectivity index (χ0n) is 63.5. The number of nitrogens with two attached hydrogens (primary N) is 4. The number of nitrogen functional groups attached to an aromatic ring is 2. The van der Waals surface area contributed by atoms with Gasteiger partial charge in [0.2, 0.25) is 82.7 Å². The molecule has 0 saturated carbocycles. The number of unbranched alkanes of at least 4 members (excludes halogenated alkanes) is 6. The number of aliphatic hydroxyl groups excluding tert-OH is 1. The van der Waals surface area contributed by atoms with Crippen molar-refractivity contribution >= 4 is 135 Å². The monoisotopic (exact) mass is 1620 g/mol. The number of hydrogen-bond acceptors (Lipinski definition) is 26. The number of rotatable bonds is 36. The van der Waals surface area contributed by atoms with Gasteiger partial charge in [0.15, 0.2) is 11.6 Å². The predicted octanol–water partition coefficient (Wildman–Crippen LogP) is -6.49. The third-order valence-corrected chi connectivity index (χ3v) is 17.4. The van der Waals surface area contributed by atoms with E-state index in [4.69, 9.17) is 27.7 Å². The van der Waals surface area contributed by atoms with Crippen molar-refractivity contribution in [2.45, 2.75) is 209 Å². The van der Waals surface area contributed by atoms with Crippen LogP contribution in [0.5, 0.6) is 0 Å². The summed E-state index contributed by atoms with van der Waals surface area (Å²) < 4.78 is 5.65. The molecule has 0 unspecified atom stereocenters. The number of carbonyl (C=O) groups excluding carboxylic acids is 17. The lowest BCUT2D eigenvalue weighted by molar-refractivity contribution is -0.156. The third-order valence-electron chi connectivity index (χ3n) is 17.4. The van der Waals surface area contributed by atoms with Crippen molar-refractivity contribution in [2.24, 2.45) is 17.4 Å². The van der Waals surface area contributed by atoms with Gasteiger partial charge in [-0.2, -0.15) is 0 Å². The van der Waals surface area contributed by atoms with Gasteiger partial charge in [-0.3, -0.25) is 95.9 Å². The van der Waals surface area contributed by atoms with Gasteiger partial charge in [0.05, 0.1) is 51.8 Å². The maximum Gasteiger partial charge on any atom is 0.329 e. The first-order chi connectivity index (χ1) is 54.2. The van der Waals surface area contributed by atoms with Crippen LogP contribution in [0.2, 0.25) is 0 Å². The molecular weight excluding hydrogens is 1520 g/mol. The van der Waals surface area contributed by atoms with E-state index < -0.39 is 274 Å².